The SMILES string of the molecule is Cc1cc(NC(=O)CC2(CC(=O)O)CCCC2)no1. The van der Waals surface area contributed by atoms with Gasteiger partial charge < -0.3 is 14.9 Å². The van der Waals surface area contributed by atoms with Crippen molar-refractivity contribution in [1.29, 1.82) is 0 Å². The summed E-state index contributed by atoms with van der Waals surface area (Å²) >= 11 is 0. The van der Waals surface area contributed by atoms with Crippen LogP contribution < -0.4 is 5.32 Å². The van der Waals surface area contributed by atoms with Crippen molar-refractivity contribution in [3.8, 4) is 0 Å². The predicted octanol–water partition coefficient (Wildman–Crippen LogP) is 2.35. The van der Waals surface area contributed by atoms with Crippen molar-refractivity contribution in [2.45, 2.75) is 45.4 Å². The van der Waals surface area contributed by atoms with Crippen molar-refractivity contribution in [2.75, 3.05) is 5.32 Å². The molecule has 0 radical (unpaired) electrons. The number of carboxylic acid groups (broad SMARTS) is 1. The molecule has 2 rings (SSSR count). The molecule has 104 valence electrons. The van der Waals surface area contributed by atoms with Gasteiger partial charge in [0.25, 0.3) is 0 Å². The minimum Gasteiger partial charge on any atom is -0.481 e. The Morgan fingerprint density at radius 3 is 2.63 bits per heavy atom. The Kier molecular flexibility index (Phi) is 3.87. The summed E-state index contributed by atoms with van der Waals surface area (Å²) in [6.07, 6.45) is 3.85. The van der Waals surface area contributed by atoms with Gasteiger partial charge in [0.05, 0.1) is 6.42 Å². The molecule has 1 aliphatic carbocycles. The lowest BCUT2D eigenvalue weighted by Crippen LogP contribution is -2.27. The number of hydrogen-bond acceptors (Lipinski definition) is 4. The van der Waals surface area contributed by atoms with Crippen LogP contribution in [0.4, 0.5) is 5.82 Å². The Bertz CT molecular complexity index is 475. The average molecular weight is 266 g/mol. The minimum atomic E-state index is -0.841. The van der Waals surface area contributed by atoms with E-state index in [9.17, 15) is 9.59 Å². The first-order valence-electron chi connectivity index (χ1n) is 6.44. The van der Waals surface area contributed by atoms with Crippen LogP contribution in [0.15, 0.2) is 10.6 Å². The molecule has 2 N–H and O–H groups in total. The molecule has 19 heavy (non-hydrogen) atoms. The van der Waals surface area contributed by atoms with Gasteiger partial charge in [-0.3, -0.25) is 9.59 Å². The number of nitrogens with zero attached hydrogens (tertiary/aromatic N) is 1. The molecule has 0 unspecified atom stereocenters. The molecule has 1 aromatic heterocycles. The molecule has 1 saturated carbocycles. The summed E-state index contributed by atoms with van der Waals surface area (Å²) < 4.78 is 4.87. The van der Waals surface area contributed by atoms with Crippen LogP contribution in [-0.4, -0.2) is 22.1 Å². The fourth-order valence-electron chi connectivity index (χ4n) is 2.81. The molecule has 6 heteroatoms. The molecule has 0 aromatic carbocycles. The number of carbonyl (C=O) groups excluding carboxylic acids is 1. The Hall–Kier alpha value is -1.85. The maximum absolute atomic E-state index is 12.0. The van der Waals surface area contributed by atoms with E-state index < -0.39 is 11.4 Å². The summed E-state index contributed by atoms with van der Waals surface area (Å²) in [7, 11) is 0. The first-order valence-corrected chi connectivity index (χ1v) is 6.44. The van der Waals surface area contributed by atoms with Gasteiger partial charge in [0.15, 0.2) is 5.82 Å². The van der Waals surface area contributed by atoms with Crippen LogP contribution in [0.3, 0.4) is 0 Å². The van der Waals surface area contributed by atoms with Crippen LogP contribution in [0, 0.1) is 12.3 Å². The molecule has 0 atom stereocenters. The van der Waals surface area contributed by atoms with Gasteiger partial charge in [0.2, 0.25) is 5.91 Å². The highest BCUT2D eigenvalue weighted by molar-refractivity contribution is 5.90. The largest absolute Gasteiger partial charge is 0.481 e. The zero-order valence-corrected chi connectivity index (χ0v) is 10.9. The number of nitrogens with one attached hydrogen (secondary N) is 1. The fraction of sp³-hybridized carbons (Fsp3) is 0.615. The Balaban J connectivity index is 1.97. The lowest BCUT2D eigenvalue weighted by atomic mass is 9.79. The summed E-state index contributed by atoms with van der Waals surface area (Å²) in [6, 6.07) is 1.64. The van der Waals surface area contributed by atoms with Gasteiger partial charge >= 0.3 is 5.97 Å². The molecule has 0 spiro atoms. The van der Waals surface area contributed by atoms with Crippen LogP contribution in [0.5, 0.6) is 0 Å². The monoisotopic (exact) mass is 266 g/mol. The zero-order valence-electron chi connectivity index (χ0n) is 10.9. The second-order valence-electron chi connectivity index (χ2n) is 5.33. The van der Waals surface area contributed by atoms with Gasteiger partial charge in [-0.05, 0) is 25.2 Å². The topological polar surface area (TPSA) is 92.4 Å². The van der Waals surface area contributed by atoms with Gasteiger partial charge in [-0.15, -0.1) is 0 Å². The number of rotatable bonds is 5. The van der Waals surface area contributed by atoms with Gasteiger partial charge in [-0.25, -0.2) is 0 Å². The van der Waals surface area contributed by atoms with Crippen molar-refractivity contribution in [3.05, 3.63) is 11.8 Å². The zero-order chi connectivity index (χ0) is 13.9. The summed E-state index contributed by atoms with van der Waals surface area (Å²) in [5.74, 6) is -0.0363. The third-order valence-electron chi connectivity index (χ3n) is 3.62. The predicted molar refractivity (Wildman–Crippen MR) is 67.6 cm³/mol. The molecule has 0 saturated heterocycles. The quantitative estimate of drug-likeness (QED) is 0.853. The van der Waals surface area contributed by atoms with E-state index in [4.69, 9.17) is 9.63 Å². The molecule has 1 aromatic rings. The fourth-order valence-corrected chi connectivity index (χ4v) is 2.81. The van der Waals surface area contributed by atoms with Crippen LogP contribution in [0.25, 0.3) is 0 Å². The summed E-state index contributed by atoms with van der Waals surface area (Å²) in [6.45, 7) is 1.74. The molecule has 1 fully saturated rings. The number of aliphatic carboxylic acids is 1. The van der Waals surface area contributed by atoms with Crippen molar-refractivity contribution in [2.24, 2.45) is 5.41 Å². The van der Waals surface area contributed by atoms with Crippen molar-refractivity contribution in [1.82, 2.24) is 5.16 Å². The van der Waals surface area contributed by atoms with E-state index >= 15 is 0 Å². The second kappa shape index (κ2) is 5.42. The molecule has 0 bridgehead atoms. The third kappa shape index (κ3) is 3.56. The Labute approximate surface area is 111 Å². The Morgan fingerprint density at radius 2 is 2.11 bits per heavy atom. The van der Waals surface area contributed by atoms with E-state index in [1.165, 1.54) is 0 Å². The van der Waals surface area contributed by atoms with Crippen molar-refractivity contribution in [3.63, 3.8) is 0 Å². The van der Waals surface area contributed by atoms with E-state index in [1.807, 2.05) is 0 Å². The number of carboxylic acids is 1. The maximum atomic E-state index is 12.0. The van der Waals surface area contributed by atoms with Crippen LogP contribution >= 0.6 is 0 Å². The second-order valence-corrected chi connectivity index (χ2v) is 5.33. The lowest BCUT2D eigenvalue weighted by molar-refractivity contribution is -0.140. The van der Waals surface area contributed by atoms with Gasteiger partial charge in [0, 0.05) is 12.5 Å². The first kappa shape index (κ1) is 13.6. The van der Waals surface area contributed by atoms with Gasteiger partial charge in [0.1, 0.15) is 5.76 Å². The van der Waals surface area contributed by atoms with Crippen LogP contribution in [-0.2, 0) is 9.59 Å². The first-order chi connectivity index (χ1) is 8.99. The van der Waals surface area contributed by atoms with E-state index in [0.29, 0.717) is 11.6 Å². The molecule has 6 nitrogen and oxygen atoms in total. The third-order valence-corrected chi connectivity index (χ3v) is 3.62. The summed E-state index contributed by atoms with van der Waals surface area (Å²) in [5, 5.41) is 15.3. The maximum Gasteiger partial charge on any atom is 0.303 e. The molecular weight excluding hydrogens is 248 g/mol. The smallest absolute Gasteiger partial charge is 0.303 e. The molecular formula is C13H18N2O4. The summed E-state index contributed by atoms with van der Waals surface area (Å²) in [5.41, 5.74) is -0.394. The molecule has 1 aliphatic rings. The number of hydrogen-bond donors (Lipinski definition) is 2. The summed E-state index contributed by atoms with van der Waals surface area (Å²) in [4.78, 5) is 22.9. The highest BCUT2D eigenvalue weighted by Gasteiger charge is 2.38. The number of carbonyl (C=O) groups is 2. The van der Waals surface area contributed by atoms with Crippen molar-refractivity contribution < 1.29 is 19.2 Å². The van der Waals surface area contributed by atoms with E-state index in [1.54, 1.807) is 13.0 Å². The normalized spacial score (nSPS) is 17.3. The number of aromatic nitrogens is 1. The van der Waals surface area contributed by atoms with Gasteiger partial charge in [-0.2, -0.15) is 0 Å². The Morgan fingerprint density at radius 1 is 1.42 bits per heavy atom. The van der Waals surface area contributed by atoms with Gasteiger partial charge in [-0.1, -0.05) is 18.0 Å². The molecule has 0 aliphatic heterocycles. The molecule has 1 amide bonds. The molecule has 1 heterocycles. The van der Waals surface area contributed by atoms with Crippen LogP contribution in [0.1, 0.15) is 44.3 Å². The average Bonchev–Trinajstić information content (AvgIpc) is 2.87. The number of amides is 1. The highest BCUT2D eigenvalue weighted by atomic mass is 16.5. The highest BCUT2D eigenvalue weighted by Crippen LogP contribution is 2.44. The van der Waals surface area contributed by atoms with E-state index in [0.717, 1.165) is 25.7 Å². The van der Waals surface area contributed by atoms with Crippen LogP contribution in [0.2, 0.25) is 0 Å². The number of aryl methyl sites for hydroxylation is 1. The standard InChI is InChI=1S/C13H18N2O4/c1-9-6-10(15-19-9)14-11(16)7-13(8-12(17)18)4-2-3-5-13/h6H,2-5,7-8H2,1H3,(H,17,18)(H,14,15,16). The van der Waals surface area contributed by atoms with Crippen molar-refractivity contribution >= 4 is 17.7 Å². The lowest BCUT2D eigenvalue weighted by Gasteiger charge is -2.25. The number of anilines is 1. The van der Waals surface area contributed by atoms with E-state index in [2.05, 4.69) is 10.5 Å². The van der Waals surface area contributed by atoms with E-state index in [-0.39, 0.29) is 18.7 Å². The minimum absolute atomic E-state index is 0.0538.